The second-order valence-electron chi connectivity index (χ2n) is 4.27. The first kappa shape index (κ1) is 15.1. The lowest BCUT2D eigenvalue weighted by Crippen LogP contribution is -2.13. The molecule has 2 heterocycles. The predicted octanol–water partition coefficient (Wildman–Crippen LogP) is -0.712. The van der Waals surface area contributed by atoms with Crippen molar-refractivity contribution in [2.45, 2.75) is 11.6 Å². The molecule has 1 amide bonds. The zero-order valence-corrected chi connectivity index (χ0v) is 12.0. The largest absolute Gasteiger partial charge is 0.329 e. The second kappa shape index (κ2) is 5.97. The molecule has 0 saturated heterocycles. The number of aromatic nitrogens is 4. The van der Waals surface area contributed by atoms with E-state index in [2.05, 4.69) is 20.6 Å². The van der Waals surface area contributed by atoms with Gasteiger partial charge in [0.15, 0.2) is 20.6 Å². The van der Waals surface area contributed by atoms with E-state index in [1.165, 1.54) is 29.2 Å². The van der Waals surface area contributed by atoms with Gasteiger partial charge in [-0.05, 0) is 12.1 Å². The van der Waals surface area contributed by atoms with Gasteiger partial charge in [-0.25, -0.2) is 13.4 Å². The smallest absolute Gasteiger partial charge is 0.277 e. The number of nitrogens with zero attached hydrogens (tertiary/aromatic N) is 4. The lowest BCUT2D eigenvalue weighted by Gasteiger charge is -2.03. The van der Waals surface area contributed by atoms with Crippen molar-refractivity contribution < 1.29 is 13.2 Å². The highest BCUT2D eigenvalue weighted by molar-refractivity contribution is 7.90. The van der Waals surface area contributed by atoms with Crippen LogP contribution in [0.1, 0.15) is 10.5 Å². The summed E-state index contributed by atoms with van der Waals surface area (Å²) in [5, 5.41) is 9.95. The first-order valence-electron chi connectivity index (χ1n) is 5.98. The lowest BCUT2D eigenvalue weighted by molar-refractivity contribution is 0.102. The number of nitrogens with one attached hydrogen (secondary N) is 1. The number of pyridine rings is 1. The van der Waals surface area contributed by atoms with E-state index in [9.17, 15) is 13.2 Å². The Morgan fingerprint density at radius 3 is 2.76 bits per heavy atom. The number of carbonyl (C=O) groups is 1. The van der Waals surface area contributed by atoms with Gasteiger partial charge in [0.25, 0.3) is 5.91 Å². The summed E-state index contributed by atoms with van der Waals surface area (Å²) >= 11 is 0. The first-order valence-corrected chi connectivity index (χ1v) is 7.87. The summed E-state index contributed by atoms with van der Waals surface area (Å²) in [6.45, 7) is 0.853. The quantitative estimate of drug-likeness (QED) is 0.745. The molecule has 2 rings (SSSR count). The van der Waals surface area contributed by atoms with Crippen molar-refractivity contribution >= 4 is 21.4 Å². The number of nitrogens with two attached hydrogens (primary N) is 1. The molecule has 0 aliphatic carbocycles. The van der Waals surface area contributed by atoms with E-state index < -0.39 is 15.7 Å². The van der Waals surface area contributed by atoms with Crippen LogP contribution < -0.4 is 11.1 Å². The molecule has 112 valence electrons. The van der Waals surface area contributed by atoms with Crippen molar-refractivity contribution in [2.75, 3.05) is 18.1 Å². The fraction of sp³-hybridized carbons (Fsp3) is 0.273. The van der Waals surface area contributed by atoms with Crippen molar-refractivity contribution in [3.05, 3.63) is 30.2 Å². The minimum atomic E-state index is -3.36. The molecular formula is C11H14N6O3S. The molecule has 10 heteroatoms. The molecule has 9 nitrogen and oxygen atoms in total. The van der Waals surface area contributed by atoms with Crippen LogP contribution in [0.3, 0.4) is 0 Å². The van der Waals surface area contributed by atoms with Crippen LogP contribution in [0.25, 0.3) is 0 Å². The van der Waals surface area contributed by atoms with Crippen molar-refractivity contribution in [3.8, 4) is 0 Å². The summed E-state index contributed by atoms with van der Waals surface area (Å²) in [5.41, 5.74) is 5.87. The molecule has 0 fully saturated rings. The van der Waals surface area contributed by atoms with Gasteiger partial charge in [-0.3, -0.25) is 9.48 Å². The van der Waals surface area contributed by atoms with E-state index in [4.69, 9.17) is 5.73 Å². The van der Waals surface area contributed by atoms with Crippen LogP contribution in [0.5, 0.6) is 0 Å². The van der Waals surface area contributed by atoms with Gasteiger partial charge in [0.2, 0.25) is 0 Å². The van der Waals surface area contributed by atoms with Gasteiger partial charge in [-0.2, -0.15) is 0 Å². The van der Waals surface area contributed by atoms with Gasteiger partial charge in [-0.1, -0.05) is 5.21 Å². The van der Waals surface area contributed by atoms with Gasteiger partial charge < -0.3 is 11.1 Å². The number of rotatable bonds is 5. The van der Waals surface area contributed by atoms with Crippen LogP contribution in [-0.2, 0) is 16.4 Å². The Kier molecular flexibility index (Phi) is 4.29. The standard InChI is InChI=1S/C11H14N6O3S/c1-21(19,20)10-3-2-8(6-13-10)14-11(18)9-7-17(5-4-12)16-15-9/h2-3,6-7H,4-5,12H2,1H3,(H,14,18). The van der Waals surface area contributed by atoms with E-state index in [1.54, 1.807) is 0 Å². The molecule has 0 bridgehead atoms. The van der Waals surface area contributed by atoms with E-state index in [-0.39, 0.29) is 10.7 Å². The van der Waals surface area contributed by atoms with Crippen LogP contribution in [0, 0.1) is 0 Å². The highest BCUT2D eigenvalue weighted by atomic mass is 32.2. The molecule has 0 radical (unpaired) electrons. The maximum absolute atomic E-state index is 11.9. The molecule has 0 aromatic carbocycles. The topological polar surface area (TPSA) is 133 Å². The highest BCUT2D eigenvalue weighted by Gasteiger charge is 2.12. The van der Waals surface area contributed by atoms with Gasteiger partial charge in [-0.15, -0.1) is 5.10 Å². The van der Waals surface area contributed by atoms with Gasteiger partial charge in [0.05, 0.1) is 24.6 Å². The third-order valence-corrected chi connectivity index (χ3v) is 3.50. The molecule has 0 aliphatic heterocycles. The fourth-order valence-electron chi connectivity index (χ4n) is 1.51. The van der Waals surface area contributed by atoms with E-state index in [0.717, 1.165) is 6.26 Å². The zero-order chi connectivity index (χ0) is 15.5. The zero-order valence-electron chi connectivity index (χ0n) is 11.2. The first-order chi connectivity index (χ1) is 9.90. The van der Waals surface area contributed by atoms with Gasteiger partial charge >= 0.3 is 0 Å². The lowest BCUT2D eigenvalue weighted by atomic mass is 10.4. The number of sulfone groups is 1. The molecular weight excluding hydrogens is 296 g/mol. The fourth-order valence-corrected chi connectivity index (χ4v) is 2.07. The van der Waals surface area contributed by atoms with Gasteiger partial charge in [0, 0.05) is 12.8 Å². The number of hydrogen-bond acceptors (Lipinski definition) is 7. The highest BCUT2D eigenvalue weighted by Crippen LogP contribution is 2.11. The SMILES string of the molecule is CS(=O)(=O)c1ccc(NC(=O)c2cn(CCN)nn2)cn1. The number of carbonyl (C=O) groups excluding carboxylic acids is 1. The number of anilines is 1. The molecule has 3 N–H and O–H groups in total. The Morgan fingerprint density at radius 1 is 1.43 bits per heavy atom. The molecule has 2 aromatic rings. The summed E-state index contributed by atoms with van der Waals surface area (Å²) in [4.78, 5) is 15.7. The Hall–Kier alpha value is -2.33. The molecule has 21 heavy (non-hydrogen) atoms. The molecule has 0 atom stereocenters. The van der Waals surface area contributed by atoms with Gasteiger partial charge in [0.1, 0.15) is 0 Å². The molecule has 0 aliphatic rings. The Labute approximate surface area is 121 Å². The summed E-state index contributed by atoms with van der Waals surface area (Å²) < 4.78 is 24.0. The van der Waals surface area contributed by atoms with E-state index >= 15 is 0 Å². The summed E-state index contributed by atoms with van der Waals surface area (Å²) in [7, 11) is -3.36. The predicted molar refractivity (Wildman–Crippen MR) is 74.4 cm³/mol. The molecule has 0 spiro atoms. The normalized spacial score (nSPS) is 11.3. The minimum Gasteiger partial charge on any atom is -0.329 e. The molecule has 0 unspecified atom stereocenters. The Bertz CT molecular complexity index is 738. The van der Waals surface area contributed by atoms with Crippen LogP contribution in [0.15, 0.2) is 29.6 Å². The van der Waals surface area contributed by atoms with Crippen LogP contribution in [0.4, 0.5) is 5.69 Å². The average Bonchev–Trinajstić information content (AvgIpc) is 2.87. The Morgan fingerprint density at radius 2 is 2.19 bits per heavy atom. The minimum absolute atomic E-state index is 0.0608. The van der Waals surface area contributed by atoms with E-state index in [1.807, 2.05) is 0 Å². The monoisotopic (exact) mass is 310 g/mol. The number of hydrogen-bond donors (Lipinski definition) is 2. The third-order valence-electron chi connectivity index (χ3n) is 2.50. The van der Waals surface area contributed by atoms with Crippen molar-refractivity contribution in [1.82, 2.24) is 20.0 Å². The van der Waals surface area contributed by atoms with E-state index in [0.29, 0.717) is 18.8 Å². The van der Waals surface area contributed by atoms with Crippen molar-refractivity contribution in [3.63, 3.8) is 0 Å². The maximum atomic E-state index is 11.9. The maximum Gasteiger partial charge on any atom is 0.277 e. The summed E-state index contributed by atoms with van der Waals surface area (Å²) in [6.07, 6.45) is 3.79. The van der Waals surface area contributed by atoms with Crippen molar-refractivity contribution in [1.29, 1.82) is 0 Å². The van der Waals surface area contributed by atoms with Crippen LogP contribution in [-0.4, -0.2) is 47.1 Å². The Balaban J connectivity index is 2.08. The summed E-state index contributed by atoms with van der Waals surface area (Å²) in [5.74, 6) is -0.466. The molecule has 2 aromatic heterocycles. The molecule has 0 saturated carbocycles. The second-order valence-corrected chi connectivity index (χ2v) is 6.23. The third kappa shape index (κ3) is 3.83. The van der Waals surface area contributed by atoms with Crippen molar-refractivity contribution in [2.24, 2.45) is 5.73 Å². The van der Waals surface area contributed by atoms with Crippen LogP contribution >= 0.6 is 0 Å². The van der Waals surface area contributed by atoms with Crippen LogP contribution in [0.2, 0.25) is 0 Å². The average molecular weight is 310 g/mol. The number of amides is 1. The summed E-state index contributed by atoms with van der Waals surface area (Å²) in [6, 6.07) is 2.77.